The van der Waals surface area contributed by atoms with E-state index in [1.54, 1.807) is 0 Å². The lowest BCUT2D eigenvalue weighted by Crippen LogP contribution is -2.02. The lowest BCUT2D eigenvalue weighted by atomic mass is 10.1. The Morgan fingerprint density at radius 2 is 2.00 bits per heavy atom. The Balaban J connectivity index is 2.09. The third kappa shape index (κ3) is 1.39. The van der Waals surface area contributed by atoms with E-state index >= 15 is 0 Å². The molecule has 1 aromatic carbocycles. The first-order valence-corrected chi connectivity index (χ1v) is 4.20. The van der Waals surface area contributed by atoms with Crippen LogP contribution in [0.4, 0.5) is 0 Å². The molecule has 0 amide bonds. The number of benzene rings is 1. The zero-order chi connectivity index (χ0) is 7.68. The Kier molecular flexibility index (Phi) is 1.84. The van der Waals surface area contributed by atoms with Crippen molar-refractivity contribution in [2.45, 2.75) is 18.4 Å². The molecule has 1 aromatic rings. The normalized spacial score (nSPS) is 28.5. The number of rotatable bonds is 2. The number of halogens is 1. The Morgan fingerprint density at radius 1 is 1.27 bits per heavy atom. The average Bonchev–Trinajstić information content (AvgIpc) is 2.85. The van der Waals surface area contributed by atoms with E-state index in [9.17, 15) is 0 Å². The lowest BCUT2D eigenvalue weighted by molar-refractivity contribution is 0.907. The van der Waals surface area contributed by atoms with Gasteiger partial charge in [-0.2, -0.15) is 0 Å². The van der Waals surface area contributed by atoms with E-state index in [0.717, 1.165) is 0 Å². The molecule has 1 aliphatic rings. The Morgan fingerprint density at radius 3 is 2.55 bits per heavy atom. The van der Waals surface area contributed by atoms with Gasteiger partial charge in [-0.05, 0) is 23.8 Å². The minimum absolute atomic E-state index is 0.499. The maximum atomic E-state index is 5.49. The lowest BCUT2D eigenvalue weighted by Gasteiger charge is -1.96. The summed E-state index contributed by atoms with van der Waals surface area (Å²) in [7, 11) is 0. The highest BCUT2D eigenvalue weighted by molar-refractivity contribution is 6.13. The van der Waals surface area contributed by atoms with Crippen LogP contribution in [0.15, 0.2) is 30.3 Å². The first-order chi connectivity index (χ1) is 5.42. The topological polar surface area (TPSA) is 12.0 Å². The number of hydrogen-bond acceptors (Lipinski definition) is 1. The summed E-state index contributed by atoms with van der Waals surface area (Å²) in [5.74, 6) is 0.647. The molecule has 58 valence electrons. The van der Waals surface area contributed by atoms with Crippen LogP contribution in [0.2, 0.25) is 0 Å². The maximum absolute atomic E-state index is 5.49. The molecule has 1 fully saturated rings. The third-order valence-corrected chi connectivity index (χ3v) is 2.44. The molecule has 2 heteroatoms. The monoisotopic (exact) mass is 167 g/mol. The van der Waals surface area contributed by atoms with Crippen molar-refractivity contribution in [1.82, 2.24) is 4.84 Å². The van der Waals surface area contributed by atoms with E-state index in [4.69, 9.17) is 11.8 Å². The van der Waals surface area contributed by atoms with Gasteiger partial charge in [-0.3, -0.25) is 0 Å². The second kappa shape index (κ2) is 2.84. The van der Waals surface area contributed by atoms with Crippen LogP contribution >= 0.6 is 11.8 Å². The molecule has 1 aliphatic carbocycles. The first-order valence-electron chi connectivity index (χ1n) is 3.83. The molecule has 1 N–H and O–H groups in total. The molecule has 0 saturated heterocycles. The van der Waals surface area contributed by atoms with Gasteiger partial charge >= 0.3 is 0 Å². The molecule has 0 bridgehead atoms. The van der Waals surface area contributed by atoms with Gasteiger partial charge in [-0.1, -0.05) is 30.3 Å². The molecule has 0 unspecified atom stereocenters. The molecule has 11 heavy (non-hydrogen) atoms. The summed E-state index contributed by atoms with van der Waals surface area (Å²) < 4.78 is 0. The number of nitrogens with one attached hydrogen (secondary N) is 1. The number of hydrogen-bond donors (Lipinski definition) is 1. The van der Waals surface area contributed by atoms with E-state index in [0.29, 0.717) is 12.0 Å². The molecule has 0 aliphatic heterocycles. The summed E-state index contributed by atoms with van der Waals surface area (Å²) in [6.07, 6.45) is 1.17. The molecular formula is C9H10ClN. The Bertz CT molecular complexity index is 235. The van der Waals surface area contributed by atoms with Crippen molar-refractivity contribution in [2.75, 3.05) is 0 Å². The van der Waals surface area contributed by atoms with Gasteiger partial charge in [-0.15, -0.1) is 0 Å². The van der Waals surface area contributed by atoms with Crippen molar-refractivity contribution in [1.29, 1.82) is 0 Å². The van der Waals surface area contributed by atoms with Crippen LogP contribution in [0.1, 0.15) is 17.9 Å². The smallest absolute Gasteiger partial charge is 0.0296 e. The van der Waals surface area contributed by atoms with Gasteiger partial charge in [0.05, 0.1) is 0 Å². The minimum Gasteiger partial charge on any atom is -0.230 e. The van der Waals surface area contributed by atoms with Gasteiger partial charge in [0, 0.05) is 12.0 Å². The maximum Gasteiger partial charge on any atom is 0.0296 e. The van der Waals surface area contributed by atoms with E-state index in [1.807, 2.05) is 6.07 Å². The van der Waals surface area contributed by atoms with E-state index in [2.05, 4.69) is 29.1 Å². The molecule has 2 atom stereocenters. The molecule has 0 aromatic heterocycles. The van der Waals surface area contributed by atoms with Crippen LogP contribution in [0.5, 0.6) is 0 Å². The second-order valence-corrected chi connectivity index (χ2v) is 3.19. The SMILES string of the molecule is ClN[C@H]1C[C@H]1c1ccccc1. The highest BCUT2D eigenvalue weighted by Crippen LogP contribution is 2.40. The van der Waals surface area contributed by atoms with Crippen LogP contribution in [0, 0.1) is 0 Å². The van der Waals surface area contributed by atoms with Crippen molar-refractivity contribution >= 4 is 11.8 Å². The fourth-order valence-corrected chi connectivity index (χ4v) is 1.63. The predicted molar refractivity (Wildman–Crippen MR) is 46.6 cm³/mol. The summed E-state index contributed by atoms with van der Waals surface area (Å²) >= 11 is 5.49. The molecule has 0 heterocycles. The second-order valence-electron chi connectivity index (χ2n) is 2.97. The Hall–Kier alpha value is -0.530. The molecule has 0 spiro atoms. The van der Waals surface area contributed by atoms with Crippen LogP contribution in [-0.2, 0) is 0 Å². The zero-order valence-electron chi connectivity index (χ0n) is 6.13. The predicted octanol–water partition coefficient (Wildman–Crippen LogP) is 2.29. The highest BCUT2D eigenvalue weighted by atomic mass is 35.5. The summed E-state index contributed by atoms with van der Waals surface area (Å²) in [5, 5.41) is 0. The fraction of sp³-hybridized carbons (Fsp3) is 0.333. The van der Waals surface area contributed by atoms with Crippen molar-refractivity contribution < 1.29 is 0 Å². The van der Waals surface area contributed by atoms with Crippen LogP contribution in [-0.4, -0.2) is 6.04 Å². The van der Waals surface area contributed by atoms with Crippen molar-refractivity contribution in [3.8, 4) is 0 Å². The highest BCUT2D eigenvalue weighted by Gasteiger charge is 2.37. The minimum atomic E-state index is 0.499. The van der Waals surface area contributed by atoms with E-state index in [1.165, 1.54) is 12.0 Å². The molecule has 0 radical (unpaired) electrons. The average molecular weight is 168 g/mol. The standard InChI is InChI=1S/C9H10ClN/c10-11-9-6-8(9)7-4-2-1-3-5-7/h1-5,8-9,11H,6H2/t8-,9-/m0/s1. The fourth-order valence-electron chi connectivity index (χ4n) is 1.38. The van der Waals surface area contributed by atoms with Gasteiger partial charge in [0.15, 0.2) is 0 Å². The van der Waals surface area contributed by atoms with Crippen molar-refractivity contribution in [2.24, 2.45) is 0 Å². The summed E-state index contributed by atoms with van der Waals surface area (Å²) in [6.45, 7) is 0. The summed E-state index contributed by atoms with van der Waals surface area (Å²) in [5.41, 5.74) is 1.39. The van der Waals surface area contributed by atoms with Gasteiger partial charge in [-0.25, -0.2) is 4.84 Å². The molecular weight excluding hydrogens is 158 g/mol. The van der Waals surface area contributed by atoms with Gasteiger partial charge in [0.1, 0.15) is 0 Å². The third-order valence-electron chi connectivity index (χ3n) is 2.16. The quantitative estimate of drug-likeness (QED) is 0.667. The Labute approximate surface area is 71.5 Å². The van der Waals surface area contributed by atoms with Gasteiger partial charge in [0.2, 0.25) is 0 Å². The molecule has 2 rings (SSSR count). The van der Waals surface area contributed by atoms with Crippen LogP contribution < -0.4 is 4.84 Å². The van der Waals surface area contributed by atoms with E-state index < -0.39 is 0 Å². The zero-order valence-corrected chi connectivity index (χ0v) is 6.88. The molecule has 1 saturated carbocycles. The van der Waals surface area contributed by atoms with E-state index in [-0.39, 0.29) is 0 Å². The molecule has 1 nitrogen and oxygen atoms in total. The first kappa shape index (κ1) is 7.14. The van der Waals surface area contributed by atoms with Crippen LogP contribution in [0.3, 0.4) is 0 Å². The summed E-state index contributed by atoms with van der Waals surface area (Å²) in [4.78, 5) is 2.76. The largest absolute Gasteiger partial charge is 0.230 e. The van der Waals surface area contributed by atoms with Gasteiger partial charge in [0.25, 0.3) is 0 Å². The van der Waals surface area contributed by atoms with Gasteiger partial charge < -0.3 is 0 Å². The van der Waals surface area contributed by atoms with Crippen LogP contribution in [0.25, 0.3) is 0 Å². The summed E-state index contributed by atoms with van der Waals surface area (Å²) in [6, 6.07) is 11.0. The van der Waals surface area contributed by atoms with Crippen molar-refractivity contribution in [3.63, 3.8) is 0 Å². The van der Waals surface area contributed by atoms with Crippen molar-refractivity contribution in [3.05, 3.63) is 35.9 Å².